The van der Waals surface area contributed by atoms with Crippen molar-refractivity contribution in [1.82, 2.24) is 0 Å². The summed E-state index contributed by atoms with van der Waals surface area (Å²) in [5, 5.41) is 10.8. The van der Waals surface area contributed by atoms with Gasteiger partial charge in [0.2, 0.25) is 0 Å². The number of ether oxygens (including phenoxy) is 2. The van der Waals surface area contributed by atoms with Crippen molar-refractivity contribution in [3.8, 4) is 0 Å². The first kappa shape index (κ1) is 17.4. The fourth-order valence-electron chi connectivity index (χ4n) is 2.69. The van der Waals surface area contributed by atoms with Crippen LogP contribution in [0.25, 0.3) is 0 Å². The number of aliphatic hydroxyl groups excluding tert-OH is 1. The standard InChI is InChI=1S/C22H22O3/c23-21(19-12-6-2-7-13-19)22(20-14-8-3-9-15-20)25-17-24-16-18-10-4-1-5-11-18/h1-15,21-23H,16-17H2/t21-,22+/m1/s1. The molecule has 0 heterocycles. The SMILES string of the molecule is O[C@H](c1ccccc1)[C@@H](OCOCc1ccccc1)c1ccccc1. The fraction of sp³-hybridized carbons (Fsp3) is 0.182. The van der Waals surface area contributed by atoms with Crippen LogP contribution in [0.2, 0.25) is 0 Å². The van der Waals surface area contributed by atoms with E-state index in [0.29, 0.717) is 6.61 Å². The number of benzene rings is 3. The van der Waals surface area contributed by atoms with Crippen molar-refractivity contribution in [2.75, 3.05) is 6.79 Å². The van der Waals surface area contributed by atoms with Crippen molar-refractivity contribution in [2.24, 2.45) is 0 Å². The summed E-state index contributed by atoms with van der Waals surface area (Å²) < 4.78 is 11.5. The monoisotopic (exact) mass is 334 g/mol. The van der Waals surface area contributed by atoms with Crippen molar-refractivity contribution in [1.29, 1.82) is 0 Å². The Kier molecular flexibility index (Phi) is 6.35. The van der Waals surface area contributed by atoms with Crippen LogP contribution in [-0.2, 0) is 16.1 Å². The molecule has 0 spiro atoms. The van der Waals surface area contributed by atoms with Crippen LogP contribution < -0.4 is 0 Å². The van der Waals surface area contributed by atoms with Crippen molar-refractivity contribution in [2.45, 2.75) is 18.8 Å². The largest absolute Gasteiger partial charge is 0.385 e. The average Bonchev–Trinajstić information content (AvgIpc) is 2.70. The van der Waals surface area contributed by atoms with Gasteiger partial charge in [-0.25, -0.2) is 0 Å². The van der Waals surface area contributed by atoms with E-state index in [2.05, 4.69) is 0 Å². The molecular weight excluding hydrogens is 312 g/mol. The Hall–Kier alpha value is -2.46. The molecule has 3 aromatic rings. The molecule has 0 bridgehead atoms. The summed E-state index contributed by atoms with van der Waals surface area (Å²) in [6.45, 7) is 0.585. The molecule has 0 unspecified atom stereocenters. The summed E-state index contributed by atoms with van der Waals surface area (Å²) in [5.41, 5.74) is 2.83. The highest BCUT2D eigenvalue weighted by atomic mass is 16.7. The zero-order valence-corrected chi connectivity index (χ0v) is 14.0. The lowest BCUT2D eigenvalue weighted by atomic mass is 9.98. The van der Waals surface area contributed by atoms with E-state index >= 15 is 0 Å². The lowest BCUT2D eigenvalue weighted by molar-refractivity contribution is -0.132. The third-order valence-electron chi connectivity index (χ3n) is 4.00. The predicted octanol–water partition coefficient (Wildman–Crippen LogP) is 4.65. The Bertz CT molecular complexity index is 729. The van der Waals surface area contributed by atoms with E-state index in [0.717, 1.165) is 16.7 Å². The summed E-state index contributed by atoms with van der Waals surface area (Å²) in [5.74, 6) is 0. The van der Waals surface area contributed by atoms with Crippen molar-refractivity contribution in [3.63, 3.8) is 0 Å². The van der Waals surface area contributed by atoms with Gasteiger partial charge in [0.1, 0.15) is 19.0 Å². The normalized spacial score (nSPS) is 13.3. The summed E-state index contributed by atoms with van der Waals surface area (Å²) >= 11 is 0. The summed E-state index contributed by atoms with van der Waals surface area (Å²) in [6.07, 6.45) is -1.25. The first-order valence-electron chi connectivity index (χ1n) is 8.36. The van der Waals surface area contributed by atoms with Crippen LogP contribution in [0, 0.1) is 0 Å². The molecule has 2 atom stereocenters. The summed E-state index contributed by atoms with van der Waals surface area (Å²) in [4.78, 5) is 0. The van der Waals surface area contributed by atoms with E-state index in [1.165, 1.54) is 0 Å². The highest BCUT2D eigenvalue weighted by molar-refractivity contribution is 5.25. The van der Waals surface area contributed by atoms with Gasteiger partial charge >= 0.3 is 0 Å². The number of rotatable bonds is 8. The van der Waals surface area contributed by atoms with Gasteiger partial charge in [-0.15, -0.1) is 0 Å². The first-order chi connectivity index (χ1) is 12.3. The Morgan fingerprint density at radius 2 is 1.20 bits per heavy atom. The molecule has 3 heteroatoms. The topological polar surface area (TPSA) is 38.7 Å². The molecule has 25 heavy (non-hydrogen) atoms. The van der Waals surface area contributed by atoms with Gasteiger partial charge in [0.25, 0.3) is 0 Å². The van der Waals surface area contributed by atoms with E-state index in [1.54, 1.807) is 0 Å². The van der Waals surface area contributed by atoms with Gasteiger partial charge in [-0.1, -0.05) is 91.0 Å². The predicted molar refractivity (Wildman–Crippen MR) is 97.8 cm³/mol. The molecule has 3 nitrogen and oxygen atoms in total. The Balaban J connectivity index is 1.65. The molecule has 128 valence electrons. The van der Waals surface area contributed by atoms with E-state index < -0.39 is 12.2 Å². The molecule has 0 aliphatic carbocycles. The third-order valence-corrected chi connectivity index (χ3v) is 4.00. The van der Waals surface area contributed by atoms with Crippen LogP contribution in [0.15, 0.2) is 91.0 Å². The second-order valence-corrected chi connectivity index (χ2v) is 5.81. The maximum absolute atomic E-state index is 10.8. The smallest absolute Gasteiger partial charge is 0.148 e. The van der Waals surface area contributed by atoms with Gasteiger partial charge < -0.3 is 14.6 Å². The van der Waals surface area contributed by atoms with Crippen LogP contribution in [-0.4, -0.2) is 11.9 Å². The summed E-state index contributed by atoms with van der Waals surface area (Å²) in [7, 11) is 0. The Morgan fingerprint density at radius 1 is 0.680 bits per heavy atom. The van der Waals surface area contributed by atoms with Gasteiger partial charge in [-0.3, -0.25) is 0 Å². The lowest BCUT2D eigenvalue weighted by Crippen LogP contribution is -2.16. The van der Waals surface area contributed by atoms with Crippen LogP contribution in [0.1, 0.15) is 28.9 Å². The zero-order chi connectivity index (χ0) is 17.3. The van der Waals surface area contributed by atoms with Gasteiger partial charge in [0.05, 0.1) is 6.61 Å². The Labute approximate surface area is 148 Å². The fourth-order valence-corrected chi connectivity index (χ4v) is 2.69. The molecule has 3 aromatic carbocycles. The minimum atomic E-state index is -0.760. The van der Waals surface area contributed by atoms with Crippen LogP contribution in [0.5, 0.6) is 0 Å². The van der Waals surface area contributed by atoms with Crippen LogP contribution >= 0.6 is 0 Å². The van der Waals surface area contributed by atoms with E-state index in [-0.39, 0.29) is 6.79 Å². The Morgan fingerprint density at radius 3 is 1.80 bits per heavy atom. The maximum atomic E-state index is 10.8. The minimum Gasteiger partial charge on any atom is -0.385 e. The van der Waals surface area contributed by atoms with E-state index in [4.69, 9.17) is 9.47 Å². The van der Waals surface area contributed by atoms with Gasteiger partial charge in [0, 0.05) is 0 Å². The quantitative estimate of drug-likeness (QED) is 0.481. The molecular formula is C22H22O3. The van der Waals surface area contributed by atoms with Gasteiger partial charge in [-0.2, -0.15) is 0 Å². The van der Waals surface area contributed by atoms with E-state index in [1.807, 2.05) is 91.0 Å². The zero-order valence-electron chi connectivity index (χ0n) is 14.0. The molecule has 0 radical (unpaired) electrons. The molecule has 0 saturated carbocycles. The molecule has 3 rings (SSSR count). The molecule has 1 N–H and O–H groups in total. The van der Waals surface area contributed by atoms with Crippen molar-refractivity contribution in [3.05, 3.63) is 108 Å². The maximum Gasteiger partial charge on any atom is 0.148 e. The minimum absolute atomic E-state index is 0.109. The molecule has 0 saturated heterocycles. The summed E-state index contributed by atoms with van der Waals surface area (Å²) in [6, 6.07) is 29.2. The van der Waals surface area contributed by atoms with Gasteiger partial charge in [0.15, 0.2) is 0 Å². The van der Waals surface area contributed by atoms with E-state index in [9.17, 15) is 5.11 Å². The number of hydrogen-bond donors (Lipinski definition) is 1. The van der Waals surface area contributed by atoms with Crippen LogP contribution in [0.3, 0.4) is 0 Å². The first-order valence-corrected chi connectivity index (χ1v) is 8.36. The lowest BCUT2D eigenvalue weighted by Gasteiger charge is -2.24. The van der Waals surface area contributed by atoms with Crippen molar-refractivity contribution < 1.29 is 14.6 Å². The molecule has 0 amide bonds. The number of hydrogen-bond acceptors (Lipinski definition) is 3. The number of aliphatic hydroxyl groups is 1. The second-order valence-electron chi connectivity index (χ2n) is 5.81. The highest BCUT2D eigenvalue weighted by Crippen LogP contribution is 2.31. The molecule has 0 aliphatic rings. The third kappa shape index (κ3) is 5.00. The molecule has 0 fully saturated rings. The van der Waals surface area contributed by atoms with Crippen LogP contribution in [0.4, 0.5) is 0 Å². The van der Waals surface area contributed by atoms with Gasteiger partial charge in [-0.05, 0) is 16.7 Å². The molecule has 0 aliphatic heterocycles. The van der Waals surface area contributed by atoms with Crippen molar-refractivity contribution >= 4 is 0 Å². The molecule has 0 aromatic heterocycles. The second kappa shape index (κ2) is 9.14. The average molecular weight is 334 g/mol. The highest BCUT2D eigenvalue weighted by Gasteiger charge is 2.23.